The van der Waals surface area contributed by atoms with Crippen LogP contribution in [0.2, 0.25) is 0 Å². The van der Waals surface area contributed by atoms with Crippen LogP contribution in [0.1, 0.15) is 37.7 Å². The zero-order chi connectivity index (χ0) is 33.6. The van der Waals surface area contributed by atoms with Crippen molar-refractivity contribution in [3.05, 3.63) is 88.9 Å². The lowest BCUT2D eigenvalue weighted by Gasteiger charge is -2.19. The number of ether oxygens (including phenoxy) is 3. The highest BCUT2D eigenvalue weighted by Gasteiger charge is 2.21. The van der Waals surface area contributed by atoms with E-state index in [4.69, 9.17) is 30.9 Å². The fourth-order valence-electron chi connectivity index (χ4n) is 4.42. The van der Waals surface area contributed by atoms with Gasteiger partial charge in [0.25, 0.3) is 5.70 Å². The molecule has 3 heterocycles. The predicted molar refractivity (Wildman–Crippen MR) is 175 cm³/mol. The Morgan fingerprint density at radius 2 is 1.89 bits per heavy atom. The van der Waals surface area contributed by atoms with Crippen molar-refractivity contribution in [2.75, 3.05) is 30.8 Å². The number of H-pyrrole nitrogens is 1. The van der Waals surface area contributed by atoms with Crippen LogP contribution in [0.15, 0.2) is 65.0 Å². The first kappa shape index (κ1) is 32.3. The molecule has 14 nitrogen and oxygen atoms in total. The third-order valence-corrected chi connectivity index (χ3v) is 6.73. The number of rotatable bonds is 11. The van der Waals surface area contributed by atoms with Crippen LogP contribution in [0.5, 0.6) is 5.88 Å². The number of furan rings is 1. The molecule has 5 aromatic rings. The van der Waals surface area contributed by atoms with Crippen LogP contribution in [0.3, 0.4) is 0 Å². The molecule has 0 fully saturated rings. The van der Waals surface area contributed by atoms with Crippen LogP contribution < -0.4 is 20.7 Å². The number of nitrogens with zero attached hydrogens (tertiary/aromatic N) is 5. The number of hydrogen-bond donors (Lipinski definition) is 3. The number of carbonyl (C=O) groups excluding carboxylic acids is 2. The van der Waals surface area contributed by atoms with E-state index in [0.29, 0.717) is 41.5 Å². The third-order valence-electron chi connectivity index (χ3n) is 6.73. The molecule has 242 valence electrons. The Balaban J connectivity index is 1.07. The van der Waals surface area contributed by atoms with Crippen molar-refractivity contribution in [3.63, 3.8) is 0 Å². The van der Waals surface area contributed by atoms with Crippen molar-refractivity contribution in [1.29, 1.82) is 0 Å². The average Bonchev–Trinajstić information content (AvgIpc) is 3.67. The number of benzene rings is 2. The Morgan fingerprint density at radius 3 is 2.64 bits per heavy atom. The largest absolute Gasteiger partial charge is 0.471 e. The molecule has 47 heavy (non-hydrogen) atoms. The van der Waals surface area contributed by atoms with E-state index in [1.165, 1.54) is 12.4 Å². The maximum atomic E-state index is 12.3. The molecule has 5 rings (SSSR count). The maximum Gasteiger partial charge on any atom is 0.407 e. The van der Waals surface area contributed by atoms with E-state index in [9.17, 15) is 9.59 Å². The second kappa shape index (κ2) is 13.9. The van der Waals surface area contributed by atoms with E-state index in [-0.39, 0.29) is 24.9 Å². The van der Waals surface area contributed by atoms with Gasteiger partial charge in [-0.2, -0.15) is 9.97 Å². The van der Waals surface area contributed by atoms with Gasteiger partial charge < -0.3 is 39.6 Å². The van der Waals surface area contributed by atoms with Gasteiger partial charge in [0.2, 0.25) is 11.8 Å². The van der Waals surface area contributed by atoms with Crippen LogP contribution in [0.25, 0.3) is 33.1 Å². The third kappa shape index (κ3) is 8.54. The number of amides is 1. The fourth-order valence-corrected chi connectivity index (χ4v) is 4.42. The van der Waals surface area contributed by atoms with Crippen molar-refractivity contribution >= 4 is 51.9 Å². The van der Waals surface area contributed by atoms with Crippen LogP contribution in [-0.2, 0) is 27.4 Å². The molecule has 0 bridgehead atoms. The summed E-state index contributed by atoms with van der Waals surface area (Å²) >= 11 is 0. The van der Waals surface area contributed by atoms with Gasteiger partial charge in [0.1, 0.15) is 35.7 Å². The number of aromatic nitrogens is 4. The quantitative estimate of drug-likeness (QED) is 0.0982. The van der Waals surface area contributed by atoms with E-state index in [1.807, 2.05) is 48.3 Å². The predicted octanol–water partition coefficient (Wildman–Crippen LogP) is 5.22. The number of anilines is 2. The van der Waals surface area contributed by atoms with E-state index in [1.54, 1.807) is 32.9 Å². The fraction of sp³-hybridized carbons (Fsp3) is 0.273. The van der Waals surface area contributed by atoms with Crippen molar-refractivity contribution < 1.29 is 28.2 Å². The summed E-state index contributed by atoms with van der Waals surface area (Å²) in [6.45, 7) is 13.7. The second-order valence-corrected chi connectivity index (χ2v) is 11.5. The molecule has 0 atom stereocenters. The molecule has 0 radical (unpaired) electrons. The summed E-state index contributed by atoms with van der Waals surface area (Å²) in [5, 5.41) is 3.55. The smallest absolute Gasteiger partial charge is 0.407 e. The first-order valence-electron chi connectivity index (χ1n) is 14.6. The van der Waals surface area contributed by atoms with Gasteiger partial charge >= 0.3 is 12.1 Å². The number of nitrogens with two attached hydrogens (primary N) is 1. The minimum Gasteiger partial charge on any atom is -0.471 e. The number of aromatic amines is 1. The van der Waals surface area contributed by atoms with Gasteiger partial charge in [0.15, 0.2) is 5.65 Å². The number of esters is 1. The van der Waals surface area contributed by atoms with E-state index >= 15 is 0 Å². The molecule has 0 saturated carbocycles. The molecule has 2 aromatic carbocycles. The Morgan fingerprint density at radius 1 is 1.13 bits per heavy atom. The molecule has 0 saturated heterocycles. The standard InChI is InChI=1S/C33H34N8O6/c1-33(2,3)47-30(42)25(35-4)16-24-15-22-14-23(10-11-26(22)46-24)41(5)12-13-44-32(43)36-17-20-6-8-21(9-7-20)18-45-29-27-28(38-19-37-27)39-31(34)40-29/h6-11,14-16,19H,12-13,17-18H2,1-3,5H3,(H,36,43)(H3,34,37,38,39,40)/b25-16-. The molecule has 3 aromatic heterocycles. The number of fused-ring (bicyclic) bond motifs is 2. The van der Waals surface area contributed by atoms with Crippen molar-refractivity contribution in [2.45, 2.75) is 39.5 Å². The Kier molecular flexibility index (Phi) is 9.55. The number of alkyl carbamates (subject to hydrolysis) is 1. The molecule has 0 aliphatic heterocycles. The first-order valence-corrected chi connectivity index (χ1v) is 14.6. The van der Waals surface area contributed by atoms with Crippen LogP contribution >= 0.6 is 0 Å². The number of carbonyl (C=O) groups is 2. The van der Waals surface area contributed by atoms with Crippen molar-refractivity contribution in [1.82, 2.24) is 25.3 Å². The minimum atomic E-state index is -0.715. The summed E-state index contributed by atoms with van der Waals surface area (Å²) in [5.74, 6) is 0.0536. The zero-order valence-corrected chi connectivity index (χ0v) is 26.4. The molecule has 0 aliphatic rings. The minimum absolute atomic E-state index is 0.0777. The van der Waals surface area contributed by atoms with E-state index < -0.39 is 17.7 Å². The number of hydrogen-bond acceptors (Lipinski definition) is 11. The highest BCUT2D eigenvalue weighted by molar-refractivity contribution is 5.96. The van der Waals surface area contributed by atoms with E-state index in [0.717, 1.165) is 22.2 Å². The van der Waals surface area contributed by atoms with Crippen LogP contribution in [-0.4, -0.2) is 57.8 Å². The first-order chi connectivity index (χ1) is 22.5. The SMILES string of the molecule is [C-]#[N+]/C(=C\c1cc2cc(N(C)CCOC(=O)NCc3ccc(COc4nc(N)nc5nc[nH]c45)cc3)ccc2o1)C(=O)OC(C)(C)C. The van der Waals surface area contributed by atoms with Gasteiger partial charge in [0.05, 0.1) is 19.4 Å². The second-order valence-electron chi connectivity index (χ2n) is 11.5. The molecular weight excluding hydrogens is 604 g/mol. The lowest BCUT2D eigenvalue weighted by Crippen LogP contribution is -2.28. The summed E-state index contributed by atoms with van der Waals surface area (Å²) in [5.41, 5.74) is 9.11. The number of likely N-dealkylation sites (N-methyl/N-ethyl adjacent to an activating group) is 1. The van der Waals surface area contributed by atoms with E-state index in [2.05, 4.69) is 30.1 Å². The van der Waals surface area contributed by atoms with Gasteiger partial charge in [-0.3, -0.25) is 4.79 Å². The molecule has 4 N–H and O–H groups in total. The van der Waals surface area contributed by atoms with Gasteiger partial charge in [-0.1, -0.05) is 24.3 Å². The summed E-state index contributed by atoms with van der Waals surface area (Å²) in [6, 6.07) is 14.9. The van der Waals surface area contributed by atoms with Gasteiger partial charge in [-0.05, 0) is 62.2 Å². The van der Waals surface area contributed by atoms with Crippen LogP contribution in [0, 0.1) is 6.57 Å². The van der Waals surface area contributed by atoms with Crippen molar-refractivity contribution in [3.8, 4) is 5.88 Å². The summed E-state index contributed by atoms with van der Waals surface area (Å²) in [6.07, 6.45) is 2.34. The summed E-state index contributed by atoms with van der Waals surface area (Å²) < 4.78 is 22.3. The monoisotopic (exact) mass is 638 g/mol. The molecular formula is C33H34N8O6. The molecule has 14 heteroatoms. The summed E-state index contributed by atoms with van der Waals surface area (Å²) in [7, 11) is 1.88. The van der Waals surface area contributed by atoms with Gasteiger partial charge in [-0.25, -0.2) is 14.6 Å². The number of nitrogen functional groups attached to an aromatic ring is 1. The van der Waals surface area contributed by atoms with Crippen molar-refractivity contribution in [2.24, 2.45) is 0 Å². The van der Waals surface area contributed by atoms with Gasteiger partial charge in [0, 0.05) is 24.7 Å². The normalized spacial score (nSPS) is 11.7. The summed E-state index contributed by atoms with van der Waals surface area (Å²) in [4.78, 5) is 45.1. The zero-order valence-electron chi connectivity index (χ0n) is 26.4. The average molecular weight is 639 g/mol. The molecule has 0 unspecified atom stereocenters. The highest BCUT2D eigenvalue weighted by atomic mass is 16.6. The maximum absolute atomic E-state index is 12.3. The Labute approximate surface area is 270 Å². The molecule has 1 amide bonds. The Bertz CT molecular complexity index is 1970. The topological polar surface area (TPSA) is 175 Å². The number of nitrogens with one attached hydrogen (secondary N) is 2. The van der Waals surface area contributed by atoms with Gasteiger partial charge in [-0.15, -0.1) is 0 Å². The highest BCUT2D eigenvalue weighted by Crippen LogP contribution is 2.27. The molecule has 0 spiro atoms. The van der Waals surface area contributed by atoms with Crippen LogP contribution in [0.4, 0.5) is 16.4 Å². The lowest BCUT2D eigenvalue weighted by molar-refractivity contribution is -0.149. The molecule has 0 aliphatic carbocycles. The lowest BCUT2D eigenvalue weighted by atomic mass is 10.1. The Hall–Kier alpha value is -6.10. The number of imidazole rings is 1.